The molecule has 27 heavy (non-hydrogen) atoms. The standard InChI is InChI=1S/C22H27NO4/c1-15(2)27-19-11-9-18(10-12-19)20(14-22(25)26)23-21(24)13-16(3)17-7-5-4-6-8-17/h4-12,15-16,20H,13-14H2,1-3H3,(H,23,24)(H,25,26)/p-1/t16-,20-/m1/s1. The normalized spacial score (nSPS) is 13.0. The Morgan fingerprint density at radius 2 is 1.56 bits per heavy atom. The SMILES string of the molecule is CC(C)Oc1ccc([C@@H](CC(=O)[O-])NC(=O)C[C@@H](C)c2ccccc2)cc1. The lowest BCUT2D eigenvalue weighted by molar-refractivity contribution is -0.306. The lowest BCUT2D eigenvalue weighted by atomic mass is 9.97. The number of hydrogen-bond donors (Lipinski definition) is 1. The third-order valence-electron chi connectivity index (χ3n) is 4.22. The number of carbonyl (C=O) groups is 2. The van der Waals surface area contributed by atoms with Gasteiger partial charge in [-0.3, -0.25) is 4.79 Å². The monoisotopic (exact) mass is 368 g/mol. The van der Waals surface area contributed by atoms with Crippen LogP contribution >= 0.6 is 0 Å². The summed E-state index contributed by atoms with van der Waals surface area (Å²) in [4.78, 5) is 23.6. The number of carboxylic acid groups (broad SMARTS) is 1. The number of nitrogens with one attached hydrogen (secondary N) is 1. The van der Waals surface area contributed by atoms with Gasteiger partial charge < -0.3 is 20.0 Å². The molecule has 1 amide bonds. The molecule has 2 aromatic rings. The number of aliphatic carboxylic acids is 1. The van der Waals surface area contributed by atoms with Gasteiger partial charge in [0.05, 0.1) is 12.1 Å². The number of amides is 1. The van der Waals surface area contributed by atoms with Crippen LogP contribution in [0.25, 0.3) is 0 Å². The maximum absolute atomic E-state index is 12.5. The molecule has 0 aliphatic heterocycles. The van der Waals surface area contributed by atoms with Gasteiger partial charge in [-0.1, -0.05) is 49.4 Å². The highest BCUT2D eigenvalue weighted by Crippen LogP contribution is 2.23. The summed E-state index contributed by atoms with van der Waals surface area (Å²) in [6, 6.07) is 16.2. The molecular weight excluding hydrogens is 342 g/mol. The Labute approximate surface area is 160 Å². The van der Waals surface area contributed by atoms with Crippen LogP contribution in [-0.4, -0.2) is 18.0 Å². The molecule has 5 nitrogen and oxygen atoms in total. The molecule has 0 aromatic heterocycles. The third kappa shape index (κ3) is 6.77. The summed E-state index contributed by atoms with van der Waals surface area (Å²) < 4.78 is 5.60. The van der Waals surface area contributed by atoms with Crippen molar-refractivity contribution in [1.29, 1.82) is 0 Å². The number of ether oxygens (including phenoxy) is 1. The first-order chi connectivity index (χ1) is 12.8. The minimum atomic E-state index is -1.21. The molecule has 5 heteroatoms. The van der Waals surface area contributed by atoms with Gasteiger partial charge in [0.1, 0.15) is 5.75 Å². The molecule has 2 atom stereocenters. The average molecular weight is 368 g/mol. The van der Waals surface area contributed by atoms with Gasteiger partial charge in [0.25, 0.3) is 0 Å². The molecule has 0 heterocycles. The highest BCUT2D eigenvalue weighted by molar-refractivity contribution is 5.78. The van der Waals surface area contributed by atoms with Crippen LogP contribution < -0.4 is 15.2 Å². The lowest BCUT2D eigenvalue weighted by Gasteiger charge is -2.21. The van der Waals surface area contributed by atoms with E-state index in [1.165, 1.54) is 0 Å². The maximum atomic E-state index is 12.5. The van der Waals surface area contributed by atoms with E-state index in [4.69, 9.17) is 4.74 Å². The van der Waals surface area contributed by atoms with E-state index in [0.717, 1.165) is 5.56 Å². The van der Waals surface area contributed by atoms with Crippen LogP contribution in [0.15, 0.2) is 54.6 Å². The molecule has 0 unspecified atom stereocenters. The quantitative estimate of drug-likeness (QED) is 0.738. The first-order valence-corrected chi connectivity index (χ1v) is 9.16. The van der Waals surface area contributed by atoms with Crippen molar-refractivity contribution in [3.8, 4) is 5.75 Å². The Hall–Kier alpha value is -2.82. The molecule has 0 bridgehead atoms. The summed E-state index contributed by atoms with van der Waals surface area (Å²) >= 11 is 0. The van der Waals surface area contributed by atoms with E-state index in [1.807, 2.05) is 51.1 Å². The van der Waals surface area contributed by atoms with E-state index in [2.05, 4.69) is 5.32 Å². The van der Waals surface area contributed by atoms with Crippen molar-refractivity contribution in [3.05, 3.63) is 65.7 Å². The van der Waals surface area contributed by atoms with E-state index in [9.17, 15) is 14.7 Å². The first kappa shape index (κ1) is 20.5. The van der Waals surface area contributed by atoms with Gasteiger partial charge in [-0.2, -0.15) is 0 Å². The smallest absolute Gasteiger partial charge is 0.221 e. The van der Waals surface area contributed by atoms with Gasteiger partial charge >= 0.3 is 0 Å². The summed E-state index contributed by atoms with van der Waals surface area (Å²) in [7, 11) is 0. The number of hydrogen-bond acceptors (Lipinski definition) is 4. The van der Waals surface area contributed by atoms with Crippen LogP contribution in [0.4, 0.5) is 0 Å². The molecule has 2 aromatic carbocycles. The topological polar surface area (TPSA) is 78.5 Å². The zero-order valence-corrected chi connectivity index (χ0v) is 16.0. The highest BCUT2D eigenvalue weighted by Gasteiger charge is 2.18. The van der Waals surface area contributed by atoms with Crippen molar-refractivity contribution < 1.29 is 19.4 Å². The Kier molecular flexibility index (Phi) is 7.41. The zero-order chi connectivity index (χ0) is 19.8. The van der Waals surface area contributed by atoms with Crippen LogP contribution in [-0.2, 0) is 9.59 Å². The van der Waals surface area contributed by atoms with Crippen LogP contribution in [0.5, 0.6) is 5.75 Å². The molecule has 0 spiro atoms. The van der Waals surface area contributed by atoms with Crippen molar-refractivity contribution >= 4 is 11.9 Å². The van der Waals surface area contributed by atoms with Gasteiger partial charge in [-0.15, -0.1) is 0 Å². The second-order valence-corrected chi connectivity index (χ2v) is 6.95. The fourth-order valence-electron chi connectivity index (χ4n) is 2.90. The Morgan fingerprint density at radius 1 is 0.926 bits per heavy atom. The molecule has 0 aliphatic rings. The molecule has 0 aliphatic carbocycles. The molecule has 1 N–H and O–H groups in total. The fourth-order valence-corrected chi connectivity index (χ4v) is 2.90. The van der Waals surface area contributed by atoms with E-state index in [-0.39, 0.29) is 30.8 Å². The average Bonchev–Trinajstić information content (AvgIpc) is 2.61. The van der Waals surface area contributed by atoms with Crippen molar-refractivity contribution in [3.63, 3.8) is 0 Å². The van der Waals surface area contributed by atoms with Crippen LogP contribution in [0.3, 0.4) is 0 Å². The van der Waals surface area contributed by atoms with E-state index in [0.29, 0.717) is 11.3 Å². The molecule has 144 valence electrons. The fraction of sp³-hybridized carbons (Fsp3) is 0.364. The zero-order valence-electron chi connectivity index (χ0n) is 16.0. The van der Waals surface area contributed by atoms with E-state index >= 15 is 0 Å². The largest absolute Gasteiger partial charge is 0.550 e. The van der Waals surface area contributed by atoms with E-state index in [1.54, 1.807) is 24.3 Å². The van der Waals surface area contributed by atoms with Crippen LogP contribution in [0.1, 0.15) is 56.7 Å². The minimum absolute atomic E-state index is 0.0385. The van der Waals surface area contributed by atoms with Gasteiger partial charge in [0, 0.05) is 18.8 Å². The number of carbonyl (C=O) groups excluding carboxylic acids is 2. The van der Waals surface area contributed by atoms with Gasteiger partial charge in [0.2, 0.25) is 5.91 Å². The molecule has 0 saturated carbocycles. The molecule has 0 radical (unpaired) electrons. The van der Waals surface area contributed by atoms with Crippen molar-refractivity contribution in [2.45, 2.75) is 51.7 Å². The minimum Gasteiger partial charge on any atom is -0.550 e. The van der Waals surface area contributed by atoms with Gasteiger partial charge in [0.15, 0.2) is 0 Å². The van der Waals surface area contributed by atoms with Gasteiger partial charge in [-0.05, 0) is 43.0 Å². The third-order valence-corrected chi connectivity index (χ3v) is 4.22. The lowest BCUT2D eigenvalue weighted by Crippen LogP contribution is -2.34. The Balaban J connectivity index is 2.05. The number of carboxylic acids is 1. The van der Waals surface area contributed by atoms with Gasteiger partial charge in [-0.25, -0.2) is 0 Å². The molecule has 0 fully saturated rings. The van der Waals surface area contributed by atoms with Crippen LogP contribution in [0.2, 0.25) is 0 Å². The summed E-state index contributed by atoms with van der Waals surface area (Å²) in [5.41, 5.74) is 1.77. The highest BCUT2D eigenvalue weighted by atomic mass is 16.5. The predicted molar refractivity (Wildman–Crippen MR) is 102 cm³/mol. The molecular formula is C22H26NO4-. The first-order valence-electron chi connectivity index (χ1n) is 9.16. The maximum Gasteiger partial charge on any atom is 0.221 e. The number of rotatable bonds is 9. The second kappa shape index (κ2) is 9.76. The second-order valence-electron chi connectivity index (χ2n) is 6.95. The van der Waals surface area contributed by atoms with Crippen LogP contribution in [0, 0.1) is 0 Å². The van der Waals surface area contributed by atoms with Crippen molar-refractivity contribution in [1.82, 2.24) is 5.32 Å². The van der Waals surface area contributed by atoms with E-state index < -0.39 is 12.0 Å². The Bertz CT molecular complexity index is 741. The summed E-state index contributed by atoms with van der Waals surface area (Å²) in [5.74, 6) is -0.666. The Morgan fingerprint density at radius 3 is 2.11 bits per heavy atom. The number of benzene rings is 2. The summed E-state index contributed by atoms with van der Waals surface area (Å²) in [6.07, 6.45) is 0.0480. The van der Waals surface area contributed by atoms with Crippen molar-refractivity contribution in [2.24, 2.45) is 0 Å². The molecule has 0 saturated heterocycles. The predicted octanol–water partition coefficient (Wildman–Crippen LogP) is 2.96. The summed E-state index contributed by atoms with van der Waals surface area (Å²) in [5, 5.41) is 14.0. The summed E-state index contributed by atoms with van der Waals surface area (Å²) in [6.45, 7) is 5.84. The molecule has 2 rings (SSSR count). The van der Waals surface area contributed by atoms with Crippen molar-refractivity contribution in [2.75, 3.05) is 0 Å².